The Morgan fingerprint density at radius 3 is 2.84 bits per heavy atom. The lowest BCUT2D eigenvalue weighted by Crippen LogP contribution is -2.40. The molecular formula is C19H28N2O4. The largest absolute Gasteiger partial charge is 0.464 e. The summed E-state index contributed by atoms with van der Waals surface area (Å²) >= 11 is 0. The van der Waals surface area contributed by atoms with E-state index in [1.807, 2.05) is 17.0 Å². The Balaban J connectivity index is 1.59. The molecule has 2 amide bonds. The van der Waals surface area contributed by atoms with E-state index >= 15 is 0 Å². The van der Waals surface area contributed by atoms with Crippen molar-refractivity contribution in [2.45, 2.75) is 52.0 Å². The molecule has 0 aromatic carbocycles. The number of hydrogen-bond donors (Lipinski definition) is 0. The Labute approximate surface area is 149 Å². The summed E-state index contributed by atoms with van der Waals surface area (Å²) in [5.41, 5.74) is 0. The van der Waals surface area contributed by atoms with Gasteiger partial charge in [-0.3, -0.25) is 4.79 Å². The van der Waals surface area contributed by atoms with Crippen LogP contribution in [-0.4, -0.2) is 48.0 Å². The van der Waals surface area contributed by atoms with Gasteiger partial charge in [-0.2, -0.15) is 0 Å². The number of nitrogens with zero attached hydrogens (tertiary/aromatic N) is 2. The van der Waals surface area contributed by atoms with E-state index in [0.29, 0.717) is 38.5 Å². The predicted molar refractivity (Wildman–Crippen MR) is 93.1 cm³/mol. The molecule has 3 rings (SSSR count). The number of amides is 2. The van der Waals surface area contributed by atoms with Gasteiger partial charge in [0.05, 0.1) is 12.6 Å². The van der Waals surface area contributed by atoms with Gasteiger partial charge in [0.2, 0.25) is 5.91 Å². The van der Waals surface area contributed by atoms with Crippen molar-refractivity contribution in [3.63, 3.8) is 0 Å². The molecule has 0 aliphatic carbocycles. The van der Waals surface area contributed by atoms with E-state index in [1.54, 1.807) is 4.90 Å². The minimum Gasteiger partial charge on any atom is -0.464 e. The Morgan fingerprint density at radius 2 is 2.16 bits per heavy atom. The van der Waals surface area contributed by atoms with Gasteiger partial charge in [0, 0.05) is 25.9 Å². The molecule has 25 heavy (non-hydrogen) atoms. The predicted octanol–water partition coefficient (Wildman–Crippen LogP) is 3.37. The SMILES string of the molecule is CCc1ccc([C@@H]2C[C@H](C)CCN2C(=O)CCCN2CCOC2=O)o1. The zero-order chi connectivity index (χ0) is 17.8. The minimum absolute atomic E-state index is 0.0355. The maximum absolute atomic E-state index is 12.8. The number of hydrogen-bond acceptors (Lipinski definition) is 4. The smallest absolute Gasteiger partial charge is 0.409 e. The Hall–Kier alpha value is -1.98. The number of aryl methyl sites for hydroxylation is 1. The summed E-state index contributed by atoms with van der Waals surface area (Å²) in [5, 5.41) is 0. The average molecular weight is 348 g/mol. The zero-order valence-electron chi connectivity index (χ0n) is 15.2. The summed E-state index contributed by atoms with van der Waals surface area (Å²) in [5.74, 6) is 2.61. The van der Waals surface area contributed by atoms with Crippen LogP contribution in [0.4, 0.5) is 4.79 Å². The molecule has 1 aromatic rings. The molecule has 0 bridgehead atoms. The van der Waals surface area contributed by atoms with Gasteiger partial charge < -0.3 is 19.0 Å². The van der Waals surface area contributed by atoms with Crippen LogP contribution in [0.2, 0.25) is 0 Å². The van der Waals surface area contributed by atoms with Crippen molar-refractivity contribution in [2.24, 2.45) is 5.92 Å². The van der Waals surface area contributed by atoms with Crippen LogP contribution >= 0.6 is 0 Å². The quantitative estimate of drug-likeness (QED) is 0.791. The first-order chi connectivity index (χ1) is 12.1. The summed E-state index contributed by atoms with van der Waals surface area (Å²) < 4.78 is 10.9. The highest BCUT2D eigenvalue weighted by atomic mass is 16.6. The van der Waals surface area contributed by atoms with Crippen molar-refractivity contribution < 1.29 is 18.7 Å². The molecule has 0 unspecified atom stereocenters. The molecule has 138 valence electrons. The Bertz CT molecular complexity index is 612. The number of cyclic esters (lactones) is 1. The van der Waals surface area contributed by atoms with Crippen LogP contribution in [0, 0.1) is 5.92 Å². The summed E-state index contributed by atoms with van der Waals surface area (Å²) in [4.78, 5) is 27.9. The first-order valence-electron chi connectivity index (χ1n) is 9.38. The molecule has 0 saturated carbocycles. The first-order valence-corrected chi connectivity index (χ1v) is 9.38. The summed E-state index contributed by atoms with van der Waals surface area (Å²) in [7, 11) is 0. The van der Waals surface area contributed by atoms with Crippen LogP contribution in [-0.2, 0) is 16.0 Å². The van der Waals surface area contributed by atoms with Crippen LogP contribution in [0.25, 0.3) is 0 Å². The highest BCUT2D eigenvalue weighted by Crippen LogP contribution is 2.35. The summed E-state index contributed by atoms with van der Waals surface area (Å²) in [6, 6.07) is 4.06. The van der Waals surface area contributed by atoms with Crippen LogP contribution < -0.4 is 0 Å². The molecule has 2 saturated heterocycles. The lowest BCUT2D eigenvalue weighted by Gasteiger charge is -2.37. The molecule has 2 fully saturated rings. The normalized spacial score (nSPS) is 23.8. The van der Waals surface area contributed by atoms with Crippen molar-refractivity contribution in [2.75, 3.05) is 26.2 Å². The van der Waals surface area contributed by atoms with E-state index in [2.05, 4.69) is 13.8 Å². The monoisotopic (exact) mass is 348 g/mol. The number of rotatable bonds is 6. The lowest BCUT2D eigenvalue weighted by molar-refractivity contribution is -0.136. The molecule has 0 spiro atoms. The standard InChI is InChI=1S/C19H28N2O4/c1-3-15-6-7-17(25-15)16-13-14(2)8-10-21(16)18(22)5-4-9-20-11-12-24-19(20)23/h6-7,14,16H,3-5,8-13H2,1-2H3/t14-,16+/m1/s1. The molecule has 2 aliphatic rings. The van der Waals surface area contributed by atoms with E-state index in [-0.39, 0.29) is 18.0 Å². The van der Waals surface area contributed by atoms with Gasteiger partial charge in [-0.15, -0.1) is 0 Å². The maximum atomic E-state index is 12.8. The van der Waals surface area contributed by atoms with Gasteiger partial charge in [0.15, 0.2) is 0 Å². The summed E-state index contributed by atoms with van der Waals surface area (Å²) in [6.45, 7) is 6.74. The number of furan rings is 1. The molecule has 6 nitrogen and oxygen atoms in total. The fourth-order valence-electron chi connectivity index (χ4n) is 3.67. The maximum Gasteiger partial charge on any atom is 0.409 e. The summed E-state index contributed by atoms with van der Waals surface area (Å²) in [6.07, 6.45) is 3.70. The number of carbonyl (C=O) groups excluding carboxylic acids is 2. The van der Waals surface area contributed by atoms with Crippen molar-refractivity contribution in [3.8, 4) is 0 Å². The minimum atomic E-state index is -0.264. The first kappa shape index (κ1) is 17.8. The van der Waals surface area contributed by atoms with Gasteiger partial charge in [0.1, 0.15) is 18.1 Å². The fraction of sp³-hybridized carbons (Fsp3) is 0.684. The third kappa shape index (κ3) is 4.17. The second-order valence-corrected chi connectivity index (χ2v) is 7.10. The van der Waals surface area contributed by atoms with Crippen LogP contribution in [0.5, 0.6) is 0 Å². The van der Waals surface area contributed by atoms with Crippen molar-refractivity contribution in [3.05, 3.63) is 23.7 Å². The molecule has 2 atom stereocenters. The highest BCUT2D eigenvalue weighted by Gasteiger charge is 2.33. The second-order valence-electron chi connectivity index (χ2n) is 7.10. The number of piperidine rings is 1. The van der Waals surface area contributed by atoms with Gasteiger partial charge >= 0.3 is 6.09 Å². The molecule has 0 N–H and O–H groups in total. The molecule has 2 aliphatic heterocycles. The third-order valence-electron chi connectivity index (χ3n) is 5.21. The lowest BCUT2D eigenvalue weighted by atomic mass is 9.90. The van der Waals surface area contributed by atoms with E-state index in [1.165, 1.54) is 0 Å². The Kier molecular flexibility index (Phi) is 5.66. The van der Waals surface area contributed by atoms with Crippen molar-refractivity contribution in [1.82, 2.24) is 9.80 Å². The van der Waals surface area contributed by atoms with E-state index in [9.17, 15) is 9.59 Å². The third-order valence-corrected chi connectivity index (χ3v) is 5.21. The second kappa shape index (κ2) is 7.93. The van der Waals surface area contributed by atoms with Crippen LogP contribution in [0.3, 0.4) is 0 Å². The van der Waals surface area contributed by atoms with E-state index in [4.69, 9.17) is 9.15 Å². The van der Waals surface area contributed by atoms with E-state index in [0.717, 1.165) is 37.3 Å². The van der Waals surface area contributed by atoms with Crippen molar-refractivity contribution >= 4 is 12.0 Å². The van der Waals surface area contributed by atoms with Gasteiger partial charge in [-0.1, -0.05) is 13.8 Å². The zero-order valence-corrected chi connectivity index (χ0v) is 15.2. The van der Waals surface area contributed by atoms with Crippen LogP contribution in [0.15, 0.2) is 16.5 Å². The fourth-order valence-corrected chi connectivity index (χ4v) is 3.67. The number of ether oxygens (including phenoxy) is 1. The average Bonchev–Trinajstić information content (AvgIpc) is 3.24. The highest BCUT2D eigenvalue weighted by molar-refractivity contribution is 5.77. The Morgan fingerprint density at radius 1 is 1.32 bits per heavy atom. The van der Waals surface area contributed by atoms with Gasteiger partial charge in [-0.25, -0.2) is 4.79 Å². The number of likely N-dealkylation sites (tertiary alicyclic amines) is 1. The molecule has 1 aromatic heterocycles. The van der Waals surface area contributed by atoms with Crippen molar-refractivity contribution in [1.29, 1.82) is 0 Å². The van der Waals surface area contributed by atoms with Gasteiger partial charge in [0.25, 0.3) is 0 Å². The molecule has 0 radical (unpaired) electrons. The van der Waals surface area contributed by atoms with Crippen LogP contribution in [0.1, 0.15) is 57.1 Å². The topological polar surface area (TPSA) is 63.0 Å². The molecule has 6 heteroatoms. The number of carbonyl (C=O) groups is 2. The molecular weight excluding hydrogens is 320 g/mol. The van der Waals surface area contributed by atoms with Gasteiger partial charge in [-0.05, 0) is 37.3 Å². The van der Waals surface area contributed by atoms with E-state index < -0.39 is 0 Å². The molecule has 3 heterocycles.